The SMILES string of the molecule is O=C(NC1CCC(C(=O)O)C1)c1ccc(=O)[nH]n1. The van der Waals surface area contributed by atoms with Gasteiger partial charge in [0.25, 0.3) is 11.5 Å². The molecular formula is C11H13N3O4. The largest absolute Gasteiger partial charge is 0.481 e. The van der Waals surface area contributed by atoms with Gasteiger partial charge in [-0.25, -0.2) is 5.10 Å². The Labute approximate surface area is 102 Å². The second-order valence-electron chi connectivity index (χ2n) is 4.33. The molecule has 1 aliphatic rings. The first kappa shape index (κ1) is 12.3. The van der Waals surface area contributed by atoms with Gasteiger partial charge in [0, 0.05) is 12.1 Å². The van der Waals surface area contributed by atoms with Crippen molar-refractivity contribution in [3.8, 4) is 0 Å². The van der Waals surface area contributed by atoms with E-state index in [1.807, 2.05) is 0 Å². The summed E-state index contributed by atoms with van der Waals surface area (Å²) in [5, 5.41) is 17.3. The van der Waals surface area contributed by atoms with E-state index < -0.39 is 11.9 Å². The van der Waals surface area contributed by atoms with E-state index >= 15 is 0 Å². The molecule has 0 spiro atoms. The van der Waals surface area contributed by atoms with E-state index in [-0.39, 0.29) is 23.2 Å². The van der Waals surface area contributed by atoms with Gasteiger partial charge in [-0.05, 0) is 25.3 Å². The highest BCUT2D eigenvalue weighted by atomic mass is 16.4. The standard InChI is InChI=1S/C11H13N3O4/c15-9-4-3-8(13-14-9)10(16)12-7-2-1-6(5-7)11(17)18/h3-4,6-7H,1-2,5H2,(H,12,16)(H,14,15)(H,17,18). The lowest BCUT2D eigenvalue weighted by molar-refractivity contribution is -0.141. The fraction of sp³-hybridized carbons (Fsp3) is 0.455. The molecule has 1 aliphatic carbocycles. The minimum absolute atomic E-state index is 0.119. The molecule has 2 atom stereocenters. The van der Waals surface area contributed by atoms with E-state index in [0.29, 0.717) is 19.3 Å². The van der Waals surface area contributed by atoms with E-state index in [1.54, 1.807) is 0 Å². The van der Waals surface area contributed by atoms with Crippen molar-refractivity contribution in [1.82, 2.24) is 15.5 Å². The number of aliphatic carboxylic acids is 1. The maximum Gasteiger partial charge on any atom is 0.306 e. The Bertz CT molecular complexity index is 505. The molecule has 1 heterocycles. The molecule has 7 nitrogen and oxygen atoms in total. The first-order chi connectivity index (χ1) is 8.56. The number of carbonyl (C=O) groups is 2. The Balaban J connectivity index is 1.94. The van der Waals surface area contributed by atoms with Gasteiger partial charge in [0.1, 0.15) is 5.69 Å². The van der Waals surface area contributed by atoms with Crippen LogP contribution in [0.4, 0.5) is 0 Å². The van der Waals surface area contributed by atoms with Crippen molar-refractivity contribution < 1.29 is 14.7 Å². The van der Waals surface area contributed by atoms with Gasteiger partial charge in [0.15, 0.2) is 0 Å². The molecule has 1 amide bonds. The molecule has 18 heavy (non-hydrogen) atoms. The highest BCUT2D eigenvalue weighted by Gasteiger charge is 2.30. The van der Waals surface area contributed by atoms with Crippen LogP contribution in [0.5, 0.6) is 0 Å². The van der Waals surface area contributed by atoms with Gasteiger partial charge in [-0.2, -0.15) is 5.10 Å². The summed E-state index contributed by atoms with van der Waals surface area (Å²) in [6.45, 7) is 0. The molecule has 1 aromatic rings. The zero-order chi connectivity index (χ0) is 13.1. The summed E-state index contributed by atoms with van der Waals surface area (Å²) in [7, 11) is 0. The van der Waals surface area contributed by atoms with Crippen molar-refractivity contribution in [2.24, 2.45) is 5.92 Å². The maximum atomic E-state index is 11.7. The second kappa shape index (κ2) is 4.99. The number of amides is 1. The Hall–Kier alpha value is -2.18. The number of nitrogens with zero attached hydrogens (tertiary/aromatic N) is 1. The average Bonchev–Trinajstić information content (AvgIpc) is 2.78. The molecule has 0 bridgehead atoms. The molecule has 3 N–H and O–H groups in total. The number of aromatic nitrogens is 2. The second-order valence-corrected chi connectivity index (χ2v) is 4.33. The molecule has 1 aromatic heterocycles. The van der Waals surface area contributed by atoms with Crippen LogP contribution in [0.15, 0.2) is 16.9 Å². The maximum absolute atomic E-state index is 11.7. The lowest BCUT2D eigenvalue weighted by Gasteiger charge is -2.11. The molecule has 7 heteroatoms. The summed E-state index contributed by atoms with van der Waals surface area (Å²) < 4.78 is 0. The predicted octanol–water partition coefficient (Wildman–Crippen LogP) is -0.247. The van der Waals surface area contributed by atoms with E-state index in [1.165, 1.54) is 12.1 Å². The Morgan fingerprint density at radius 3 is 2.72 bits per heavy atom. The highest BCUT2D eigenvalue weighted by Crippen LogP contribution is 2.25. The summed E-state index contributed by atoms with van der Waals surface area (Å²) in [6.07, 6.45) is 1.65. The van der Waals surface area contributed by atoms with Crippen LogP contribution in [-0.4, -0.2) is 33.2 Å². The number of carboxylic acid groups (broad SMARTS) is 1. The monoisotopic (exact) mass is 251 g/mol. The summed E-state index contributed by atoms with van der Waals surface area (Å²) in [5.41, 5.74) is -0.258. The lowest BCUT2D eigenvalue weighted by Crippen LogP contribution is -2.34. The summed E-state index contributed by atoms with van der Waals surface area (Å²) in [6, 6.07) is 2.40. The van der Waals surface area contributed by atoms with Crippen LogP contribution in [0.1, 0.15) is 29.8 Å². The number of H-pyrrole nitrogens is 1. The van der Waals surface area contributed by atoms with Gasteiger partial charge in [-0.1, -0.05) is 0 Å². The van der Waals surface area contributed by atoms with E-state index in [9.17, 15) is 14.4 Å². The van der Waals surface area contributed by atoms with Crippen LogP contribution < -0.4 is 10.9 Å². The molecule has 0 radical (unpaired) electrons. The quantitative estimate of drug-likeness (QED) is 0.686. The third-order valence-electron chi connectivity index (χ3n) is 3.03. The van der Waals surface area contributed by atoms with Gasteiger partial charge in [0.05, 0.1) is 5.92 Å². The van der Waals surface area contributed by atoms with E-state index in [0.717, 1.165) is 0 Å². The predicted molar refractivity (Wildman–Crippen MR) is 61.1 cm³/mol. The van der Waals surface area contributed by atoms with Crippen LogP contribution in [0.2, 0.25) is 0 Å². The number of hydrogen-bond donors (Lipinski definition) is 3. The molecule has 0 aromatic carbocycles. The minimum atomic E-state index is -0.825. The van der Waals surface area contributed by atoms with Gasteiger partial charge in [0.2, 0.25) is 0 Å². The minimum Gasteiger partial charge on any atom is -0.481 e. The molecule has 1 fully saturated rings. The molecular weight excluding hydrogens is 238 g/mol. The number of nitrogens with one attached hydrogen (secondary N) is 2. The van der Waals surface area contributed by atoms with Crippen LogP contribution in [0, 0.1) is 5.92 Å². The van der Waals surface area contributed by atoms with E-state index in [2.05, 4.69) is 15.5 Å². The Kier molecular flexibility index (Phi) is 3.40. The van der Waals surface area contributed by atoms with Crippen LogP contribution in [-0.2, 0) is 4.79 Å². The molecule has 0 aliphatic heterocycles. The summed E-state index contributed by atoms with van der Waals surface area (Å²) >= 11 is 0. The fourth-order valence-corrected chi connectivity index (χ4v) is 2.07. The molecule has 1 saturated carbocycles. The Morgan fingerprint density at radius 2 is 2.17 bits per heavy atom. The zero-order valence-electron chi connectivity index (χ0n) is 9.55. The number of carboxylic acids is 1. The summed E-state index contributed by atoms with van der Waals surface area (Å²) in [4.78, 5) is 33.3. The number of hydrogen-bond acceptors (Lipinski definition) is 4. The Morgan fingerprint density at radius 1 is 1.39 bits per heavy atom. The zero-order valence-corrected chi connectivity index (χ0v) is 9.55. The first-order valence-electron chi connectivity index (χ1n) is 5.65. The van der Waals surface area contributed by atoms with Crippen molar-refractivity contribution in [3.63, 3.8) is 0 Å². The van der Waals surface area contributed by atoms with Crippen LogP contribution >= 0.6 is 0 Å². The van der Waals surface area contributed by atoms with Crippen LogP contribution in [0.25, 0.3) is 0 Å². The fourth-order valence-electron chi connectivity index (χ4n) is 2.07. The smallest absolute Gasteiger partial charge is 0.306 e. The topological polar surface area (TPSA) is 112 Å². The highest BCUT2D eigenvalue weighted by molar-refractivity contribution is 5.92. The summed E-state index contributed by atoms with van der Waals surface area (Å²) in [5.74, 6) is -1.62. The van der Waals surface area contributed by atoms with Gasteiger partial charge in [-0.3, -0.25) is 14.4 Å². The van der Waals surface area contributed by atoms with Gasteiger partial charge in [-0.15, -0.1) is 0 Å². The van der Waals surface area contributed by atoms with Crippen molar-refractivity contribution in [1.29, 1.82) is 0 Å². The van der Waals surface area contributed by atoms with Crippen LogP contribution in [0.3, 0.4) is 0 Å². The lowest BCUT2D eigenvalue weighted by atomic mass is 10.1. The molecule has 0 saturated heterocycles. The molecule has 2 unspecified atom stereocenters. The van der Waals surface area contributed by atoms with Crippen molar-refractivity contribution in [2.75, 3.05) is 0 Å². The molecule has 96 valence electrons. The molecule has 2 rings (SSSR count). The van der Waals surface area contributed by atoms with Crippen molar-refractivity contribution in [3.05, 3.63) is 28.2 Å². The normalized spacial score (nSPS) is 22.7. The van der Waals surface area contributed by atoms with Gasteiger partial charge >= 0.3 is 5.97 Å². The number of rotatable bonds is 3. The average molecular weight is 251 g/mol. The van der Waals surface area contributed by atoms with E-state index in [4.69, 9.17) is 5.11 Å². The third kappa shape index (κ3) is 2.73. The first-order valence-corrected chi connectivity index (χ1v) is 5.65. The number of carbonyl (C=O) groups excluding carboxylic acids is 1. The van der Waals surface area contributed by atoms with Crippen molar-refractivity contribution in [2.45, 2.75) is 25.3 Å². The van der Waals surface area contributed by atoms with Gasteiger partial charge < -0.3 is 10.4 Å². The number of aromatic amines is 1. The third-order valence-corrected chi connectivity index (χ3v) is 3.03. The van der Waals surface area contributed by atoms with Crippen molar-refractivity contribution >= 4 is 11.9 Å².